The van der Waals surface area contributed by atoms with Gasteiger partial charge in [-0.25, -0.2) is 0 Å². The van der Waals surface area contributed by atoms with Crippen LogP contribution in [0.1, 0.15) is 39.5 Å². The number of rotatable bonds is 1. The van der Waals surface area contributed by atoms with Crippen LogP contribution in [0.5, 0.6) is 0 Å². The molecule has 2 N–H and O–H groups in total. The lowest BCUT2D eigenvalue weighted by Gasteiger charge is -2.31. The average Bonchev–Trinajstić information content (AvgIpc) is 2.70. The van der Waals surface area contributed by atoms with Gasteiger partial charge in [0, 0.05) is 25.0 Å². The molecule has 0 bridgehead atoms. The molecule has 4 unspecified atom stereocenters. The Labute approximate surface area is 104 Å². The first kappa shape index (κ1) is 11.5. The smallest absolute Gasteiger partial charge is 0.225 e. The molecule has 0 radical (unpaired) electrons. The van der Waals surface area contributed by atoms with E-state index in [9.17, 15) is 4.79 Å². The lowest BCUT2D eigenvalue weighted by Crippen LogP contribution is -2.41. The maximum Gasteiger partial charge on any atom is 0.225 e. The highest BCUT2D eigenvalue weighted by molar-refractivity contribution is 5.79. The summed E-state index contributed by atoms with van der Waals surface area (Å²) in [4.78, 5) is 14.5. The van der Waals surface area contributed by atoms with Crippen LogP contribution in [-0.2, 0) is 4.79 Å². The largest absolute Gasteiger partial charge is 0.342 e. The quantitative estimate of drug-likeness (QED) is 0.752. The molecule has 3 heteroatoms. The third-order valence-electron chi connectivity index (χ3n) is 5.50. The first-order valence-corrected chi connectivity index (χ1v) is 7.04. The number of carbonyl (C=O) groups excluding carboxylic acids is 1. The SMILES string of the molecule is CC1(C)C2CN(C(=O)C3CCCC(N)C3)CC21. The van der Waals surface area contributed by atoms with Crippen molar-refractivity contribution in [3.05, 3.63) is 0 Å². The summed E-state index contributed by atoms with van der Waals surface area (Å²) in [5, 5.41) is 0. The van der Waals surface area contributed by atoms with Crippen LogP contribution in [-0.4, -0.2) is 29.9 Å². The van der Waals surface area contributed by atoms with Crippen molar-refractivity contribution in [2.24, 2.45) is 28.9 Å². The molecule has 0 aromatic carbocycles. The molecule has 96 valence electrons. The van der Waals surface area contributed by atoms with E-state index in [0.29, 0.717) is 11.3 Å². The van der Waals surface area contributed by atoms with Gasteiger partial charge < -0.3 is 10.6 Å². The Bertz CT molecular complexity index is 325. The number of amides is 1. The monoisotopic (exact) mass is 236 g/mol. The summed E-state index contributed by atoms with van der Waals surface area (Å²) in [6.45, 7) is 6.67. The lowest BCUT2D eigenvalue weighted by molar-refractivity contribution is -0.136. The number of nitrogens with zero attached hydrogens (tertiary/aromatic N) is 1. The summed E-state index contributed by atoms with van der Waals surface area (Å²) in [6, 6.07) is 0.256. The summed E-state index contributed by atoms with van der Waals surface area (Å²) in [5.41, 5.74) is 6.47. The minimum absolute atomic E-state index is 0.222. The molecule has 1 aliphatic heterocycles. The zero-order chi connectivity index (χ0) is 12.2. The predicted molar refractivity (Wildman–Crippen MR) is 67.3 cm³/mol. The van der Waals surface area contributed by atoms with Crippen molar-refractivity contribution in [1.82, 2.24) is 4.90 Å². The fourth-order valence-corrected chi connectivity index (χ4v) is 4.02. The van der Waals surface area contributed by atoms with Crippen LogP contribution in [0.25, 0.3) is 0 Å². The third-order valence-corrected chi connectivity index (χ3v) is 5.50. The van der Waals surface area contributed by atoms with Crippen molar-refractivity contribution in [3.8, 4) is 0 Å². The van der Waals surface area contributed by atoms with Gasteiger partial charge in [-0.05, 0) is 36.5 Å². The molecule has 3 rings (SSSR count). The summed E-state index contributed by atoms with van der Waals surface area (Å²) >= 11 is 0. The zero-order valence-corrected chi connectivity index (χ0v) is 11.0. The maximum atomic E-state index is 12.4. The van der Waals surface area contributed by atoms with Crippen LogP contribution < -0.4 is 5.73 Å². The number of fused-ring (bicyclic) bond motifs is 1. The number of nitrogens with two attached hydrogens (primary N) is 1. The summed E-state index contributed by atoms with van der Waals surface area (Å²) in [7, 11) is 0. The van der Waals surface area contributed by atoms with Crippen LogP contribution in [0, 0.1) is 23.2 Å². The first-order valence-electron chi connectivity index (χ1n) is 7.04. The molecule has 3 nitrogen and oxygen atoms in total. The normalized spacial score (nSPS) is 43.4. The molecular weight excluding hydrogens is 212 g/mol. The van der Waals surface area contributed by atoms with Crippen molar-refractivity contribution < 1.29 is 4.79 Å². The van der Waals surface area contributed by atoms with E-state index in [1.165, 1.54) is 0 Å². The number of likely N-dealkylation sites (tertiary alicyclic amines) is 1. The molecular formula is C14H24N2O. The van der Waals surface area contributed by atoms with Crippen molar-refractivity contribution in [1.29, 1.82) is 0 Å². The molecule has 0 aromatic heterocycles. The topological polar surface area (TPSA) is 46.3 Å². The van der Waals surface area contributed by atoms with Gasteiger partial charge in [-0.2, -0.15) is 0 Å². The van der Waals surface area contributed by atoms with Gasteiger partial charge in [0.05, 0.1) is 0 Å². The van der Waals surface area contributed by atoms with Gasteiger partial charge in [-0.3, -0.25) is 4.79 Å². The van der Waals surface area contributed by atoms with Gasteiger partial charge in [0.15, 0.2) is 0 Å². The van der Waals surface area contributed by atoms with E-state index in [1.54, 1.807) is 0 Å². The summed E-state index contributed by atoms with van der Waals surface area (Å²) < 4.78 is 0. The Hall–Kier alpha value is -0.570. The van der Waals surface area contributed by atoms with Crippen LogP contribution in [0.3, 0.4) is 0 Å². The second-order valence-electron chi connectivity index (χ2n) is 6.90. The standard InChI is InChI=1S/C14H24N2O/c1-14(2)11-7-16(8-12(11)14)13(17)9-4-3-5-10(15)6-9/h9-12H,3-8,15H2,1-2H3. The zero-order valence-electron chi connectivity index (χ0n) is 11.0. The maximum absolute atomic E-state index is 12.4. The van der Waals surface area contributed by atoms with Crippen LogP contribution >= 0.6 is 0 Å². The highest BCUT2D eigenvalue weighted by atomic mass is 16.2. The summed E-state index contributed by atoms with van der Waals surface area (Å²) in [6.07, 6.45) is 4.20. The highest BCUT2D eigenvalue weighted by Gasteiger charge is 2.62. The molecule has 3 fully saturated rings. The highest BCUT2D eigenvalue weighted by Crippen LogP contribution is 2.62. The van der Waals surface area contributed by atoms with Crippen LogP contribution in [0.15, 0.2) is 0 Å². The Kier molecular flexibility index (Phi) is 2.51. The van der Waals surface area contributed by atoms with E-state index < -0.39 is 0 Å². The predicted octanol–water partition coefficient (Wildman–Crippen LogP) is 1.62. The van der Waals surface area contributed by atoms with Crippen molar-refractivity contribution >= 4 is 5.91 Å². The molecule has 17 heavy (non-hydrogen) atoms. The van der Waals surface area contributed by atoms with E-state index in [1.807, 2.05) is 0 Å². The molecule has 0 aromatic rings. The Morgan fingerprint density at radius 2 is 1.88 bits per heavy atom. The second kappa shape index (κ2) is 3.71. The van der Waals surface area contributed by atoms with Gasteiger partial charge in [0.1, 0.15) is 0 Å². The van der Waals surface area contributed by atoms with E-state index in [-0.39, 0.29) is 12.0 Å². The van der Waals surface area contributed by atoms with Crippen LogP contribution in [0.4, 0.5) is 0 Å². The molecule has 2 saturated carbocycles. The minimum atomic E-state index is 0.222. The number of piperidine rings is 1. The third kappa shape index (κ3) is 1.79. The number of hydrogen-bond acceptors (Lipinski definition) is 2. The fourth-order valence-electron chi connectivity index (χ4n) is 4.02. The van der Waals surface area contributed by atoms with Crippen LogP contribution in [0.2, 0.25) is 0 Å². The molecule has 1 amide bonds. The molecule has 4 atom stereocenters. The Morgan fingerprint density at radius 1 is 1.24 bits per heavy atom. The molecule has 0 spiro atoms. The van der Waals surface area contributed by atoms with Gasteiger partial charge in [-0.15, -0.1) is 0 Å². The van der Waals surface area contributed by atoms with E-state index in [2.05, 4.69) is 18.7 Å². The Morgan fingerprint density at radius 3 is 2.47 bits per heavy atom. The molecule has 3 aliphatic rings. The van der Waals surface area contributed by atoms with Crippen molar-refractivity contribution in [3.63, 3.8) is 0 Å². The summed E-state index contributed by atoms with van der Waals surface area (Å²) in [5.74, 6) is 2.15. The van der Waals surface area contributed by atoms with Gasteiger partial charge in [-0.1, -0.05) is 20.3 Å². The number of carbonyl (C=O) groups is 1. The second-order valence-corrected chi connectivity index (χ2v) is 6.90. The number of hydrogen-bond donors (Lipinski definition) is 1. The van der Waals surface area contributed by atoms with Gasteiger partial charge in [0.2, 0.25) is 5.91 Å². The minimum Gasteiger partial charge on any atom is -0.342 e. The van der Waals surface area contributed by atoms with Gasteiger partial charge in [0.25, 0.3) is 0 Å². The van der Waals surface area contributed by atoms with Crippen molar-refractivity contribution in [2.45, 2.75) is 45.6 Å². The van der Waals surface area contributed by atoms with E-state index >= 15 is 0 Å². The molecule has 1 heterocycles. The van der Waals surface area contributed by atoms with E-state index in [0.717, 1.165) is 50.6 Å². The molecule has 1 saturated heterocycles. The van der Waals surface area contributed by atoms with Crippen molar-refractivity contribution in [2.75, 3.05) is 13.1 Å². The molecule has 2 aliphatic carbocycles. The van der Waals surface area contributed by atoms with E-state index in [4.69, 9.17) is 5.73 Å². The lowest BCUT2D eigenvalue weighted by atomic mass is 9.85. The Balaban J connectivity index is 1.58. The fraction of sp³-hybridized carbons (Fsp3) is 0.929. The first-order chi connectivity index (χ1) is 8.00. The van der Waals surface area contributed by atoms with Gasteiger partial charge >= 0.3 is 0 Å². The average molecular weight is 236 g/mol.